The fourth-order valence-electron chi connectivity index (χ4n) is 1.73. The van der Waals surface area contributed by atoms with Gasteiger partial charge >= 0.3 is 0 Å². The lowest BCUT2D eigenvalue weighted by Gasteiger charge is -2.07. The molecule has 0 bridgehead atoms. The first-order chi connectivity index (χ1) is 9.13. The van der Waals surface area contributed by atoms with E-state index in [4.69, 9.17) is 11.6 Å². The van der Waals surface area contributed by atoms with Crippen molar-refractivity contribution in [3.05, 3.63) is 51.5 Å². The smallest absolute Gasteiger partial charge is 0.295 e. The van der Waals surface area contributed by atoms with Gasteiger partial charge in [0.25, 0.3) is 5.69 Å². The molecule has 0 aliphatic rings. The Kier molecular flexibility index (Phi) is 3.97. The molecule has 1 aromatic carbocycles. The second-order valence-corrected chi connectivity index (χ2v) is 4.24. The fourth-order valence-corrected chi connectivity index (χ4v) is 1.96. The number of nitro groups is 1. The molecule has 0 unspecified atom stereocenters. The summed E-state index contributed by atoms with van der Waals surface area (Å²) in [5.74, 6) is 0.586. The molecule has 1 aromatic heterocycles. The van der Waals surface area contributed by atoms with E-state index in [2.05, 4.69) is 10.3 Å². The molecule has 0 saturated heterocycles. The van der Waals surface area contributed by atoms with E-state index < -0.39 is 4.92 Å². The number of nitrogens with one attached hydrogen (secondary N) is 1. The fraction of sp³-hybridized carbons (Fsp3) is 0.154. The first-order valence-electron chi connectivity index (χ1n) is 5.77. The third-order valence-electron chi connectivity index (χ3n) is 2.56. The third-order valence-corrected chi connectivity index (χ3v) is 2.89. The van der Waals surface area contributed by atoms with E-state index in [1.807, 2.05) is 6.92 Å². The lowest BCUT2D eigenvalue weighted by atomic mass is 10.1. The monoisotopic (exact) mass is 277 g/mol. The summed E-state index contributed by atoms with van der Waals surface area (Å²) in [4.78, 5) is 14.9. The largest absolute Gasteiger partial charge is 0.370 e. The van der Waals surface area contributed by atoms with Crippen molar-refractivity contribution in [1.82, 2.24) is 4.98 Å². The number of pyridine rings is 1. The molecule has 19 heavy (non-hydrogen) atoms. The van der Waals surface area contributed by atoms with Gasteiger partial charge in [-0.2, -0.15) is 0 Å². The molecule has 2 aromatic rings. The van der Waals surface area contributed by atoms with Crippen LogP contribution in [0.4, 0.5) is 11.5 Å². The van der Waals surface area contributed by atoms with Gasteiger partial charge in [0.2, 0.25) is 0 Å². The summed E-state index contributed by atoms with van der Waals surface area (Å²) in [5.41, 5.74) is 0.763. The van der Waals surface area contributed by atoms with E-state index in [-0.39, 0.29) is 11.4 Å². The molecule has 2 rings (SSSR count). The lowest BCUT2D eigenvalue weighted by molar-refractivity contribution is -0.384. The molecule has 0 atom stereocenters. The van der Waals surface area contributed by atoms with Crippen molar-refractivity contribution in [2.75, 3.05) is 11.9 Å². The molecule has 0 aliphatic heterocycles. The zero-order chi connectivity index (χ0) is 13.8. The summed E-state index contributed by atoms with van der Waals surface area (Å²) in [5, 5.41) is 14.5. The molecule has 1 N–H and O–H groups in total. The van der Waals surface area contributed by atoms with Gasteiger partial charge in [-0.3, -0.25) is 10.1 Å². The van der Waals surface area contributed by atoms with Crippen LogP contribution in [-0.2, 0) is 0 Å². The van der Waals surface area contributed by atoms with Gasteiger partial charge in [0.15, 0.2) is 5.69 Å². The van der Waals surface area contributed by atoms with Crippen LogP contribution >= 0.6 is 11.6 Å². The molecule has 0 saturated carbocycles. The van der Waals surface area contributed by atoms with E-state index >= 15 is 0 Å². The molecule has 1 heterocycles. The van der Waals surface area contributed by atoms with Crippen molar-refractivity contribution in [2.24, 2.45) is 0 Å². The van der Waals surface area contributed by atoms with E-state index in [9.17, 15) is 10.1 Å². The highest BCUT2D eigenvalue weighted by Gasteiger charge is 2.19. The minimum Gasteiger partial charge on any atom is -0.370 e. The van der Waals surface area contributed by atoms with Crippen molar-refractivity contribution in [1.29, 1.82) is 0 Å². The van der Waals surface area contributed by atoms with Crippen LogP contribution in [-0.4, -0.2) is 16.5 Å². The van der Waals surface area contributed by atoms with Crippen molar-refractivity contribution in [3.8, 4) is 11.3 Å². The molecule has 0 spiro atoms. The SMILES string of the molecule is CCNc1ccc([N+](=O)[O-])c(-c2ccccc2Cl)n1. The Bertz CT molecular complexity index is 617. The maximum atomic E-state index is 11.1. The molecule has 0 fully saturated rings. The van der Waals surface area contributed by atoms with Crippen molar-refractivity contribution < 1.29 is 4.92 Å². The van der Waals surface area contributed by atoms with Crippen LogP contribution in [0.1, 0.15) is 6.92 Å². The van der Waals surface area contributed by atoms with Gasteiger partial charge in [0.05, 0.1) is 9.95 Å². The zero-order valence-corrected chi connectivity index (χ0v) is 11.0. The number of aromatic nitrogens is 1. The Labute approximate surface area is 115 Å². The average molecular weight is 278 g/mol. The normalized spacial score (nSPS) is 10.2. The van der Waals surface area contributed by atoms with Crippen LogP contribution in [0.25, 0.3) is 11.3 Å². The molecule has 0 radical (unpaired) electrons. The van der Waals surface area contributed by atoms with Crippen LogP contribution in [0, 0.1) is 10.1 Å². The van der Waals surface area contributed by atoms with Gasteiger partial charge < -0.3 is 5.32 Å². The van der Waals surface area contributed by atoms with Gasteiger partial charge in [-0.05, 0) is 19.1 Å². The number of hydrogen-bond donors (Lipinski definition) is 1. The third kappa shape index (κ3) is 2.82. The average Bonchev–Trinajstić information content (AvgIpc) is 2.39. The van der Waals surface area contributed by atoms with Gasteiger partial charge in [-0.25, -0.2) is 4.98 Å². The van der Waals surface area contributed by atoms with Crippen LogP contribution < -0.4 is 5.32 Å². The van der Waals surface area contributed by atoms with Crippen LogP contribution in [0.15, 0.2) is 36.4 Å². The first kappa shape index (κ1) is 13.3. The Morgan fingerprint density at radius 3 is 2.68 bits per heavy atom. The molecule has 5 nitrogen and oxygen atoms in total. The second-order valence-electron chi connectivity index (χ2n) is 3.83. The number of rotatable bonds is 4. The lowest BCUT2D eigenvalue weighted by Crippen LogP contribution is -2.02. The predicted octanol–water partition coefficient (Wildman–Crippen LogP) is 3.74. The first-order valence-corrected chi connectivity index (χ1v) is 6.15. The summed E-state index contributed by atoms with van der Waals surface area (Å²) in [7, 11) is 0. The van der Waals surface area contributed by atoms with Crippen molar-refractivity contribution in [3.63, 3.8) is 0 Å². The molecular formula is C13H12ClN3O2. The predicted molar refractivity (Wildman–Crippen MR) is 75.5 cm³/mol. The van der Waals surface area contributed by atoms with Gasteiger partial charge in [0.1, 0.15) is 5.82 Å². The highest BCUT2D eigenvalue weighted by atomic mass is 35.5. The zero-order valence-electron chi connectivity index (χ0n) is 10.3. The summed E-state index contributed by atoms with van der Waals surface area (Å²) in [6.45, 7) is 2.62. The number of benzene rings is 1. The highest BCUT2D eigenvalue weighted by molar-refractivity contribution is 6.33. The second kappa shape index (κ2) is 5.67. The molecule has 0 aliphatic carbocycles. The Balaban J connectivity index is 2.61. The van der Waals surface area contributed by atoms with Gasteiger partial charge in [0, 0.05) is 18.2 Å². The van der Waals surface area contributed by atoms with E-state index in [1.165, 1.54) is 6.07 Å². The topological polar surface area (TPSA) is 68.1 Å². The van der Waals surface area contributed by atoms with Crippen molar-refractivity contribution in [2.45, 2.75) is 6.92 Å². The maximum absolute atomic E-state index is 11.1. The standard InChI is InChI=1S/C13H12ClN3O2/c1-2-15-12-8-7-11(17(18)19)13(16-12)9-5-3-4-6-10(9)14/h3-8H,2H2,1H3,(H,15,16). The van der Waals surface area contributed by atoms with Crippen LogP contribution in [0.2, 0.25) is 5.02 Å². The quantitative estimate of drug-likeness (QED) is 0.683. The molecule has 6 heteroatoms. The minimum absolute atomic E-state index is 0.0604. The van der Waals surface area contributed by atoms with Crippen LogP contribution in [0.3, 0.4) is 0 Å². The molecular weight excluding hydrogens is 266 g/mol. The number of nitrogens with zero attached hydrogens (tertiary/aromatic N) is 2. The number of halogens is 1. The highest BCUT2D eigenvalue weighted by Crippen LogP contribution is 2.33. The maximum Gasteiger partial charge on any atom is 0.295 e. The van der Waals surface area contributed by atoms with Crippen molar-refractivity contribution >= 4 is 23.1 Å². The molecule has 98 valence electrons. The summed E-state index contributed by atoms with van der Waals surface area (Å²) >= 11 is 6.08. The Hall–Kier alpha value is -2.14. The number of hydrogen-bond acceptors (Lipinski definition) is 4. The Morgan fingerprint density at radius 2 is 2.05 bits per heavy atom. The van der Waals surface area contributed by atoms with Crippen LogP contribution in [0.5, 0.6) is 0 Å². The van der Waals surface area contributed by atoms with Gasteiger partial charge in [-0.15, -0.1) is 0 Å². The Morgan fingerprint density at radius 1 is 1.32 bits per heavy atom. The summed E-state index contributed by atoms with van der Waals surface area (Å²) in [6, 6.07) is 9.96. The van der Waals surface area contributed by atoms with E-state index in [1.54, 1.807) is 30.3 Å². The minimum atomic E-state index is -0.457. The summed E-state index contributed by atoms with van der Waals surface area (Å²) in [6.07, 6.45) is 0. The van der Waals surface area contributed by atoms with E-state index in [0.29, 0.717) is 22.9 Å². The molecule has 0 amide bonds. The summed E-state index contributed by atoms with van der Waals surface area (Å²) < 4.78 is 0. The van der Waals surface area contributed by atoms with E-state index in [0.717, 1.165) is 0 Å². The van der Waals surface area contributed by atoms with Gasteiger partial charge in [-0.1, -0.05) is 29.8 Å². The number of anilines is 1.